The summed E-state index contributed by atoms with van der Waals surface area (Å²) >= 11 is 0. The van der Waals surface area contributed by atoms with Gasteiger partial charge in [-0.3, -0.25) is 9.69 Å². The molecule has 2 saturated heterocycles. The second-order valence-corrected chi connectivity index (χ2v) is 5.82. The lowest BCUT2D eigenvalue weighted by molar-refractivity contribution is 0.00165. The Labute approximate surface area is 119 Å². The van der Waals surface area contributed by atoms with Crippen molar-refractivity contribution in [1.82, 2.24) is 14.8 Å². The molecule has 3 heterocycles. The van der Waals surface area contributed by atoms with Crippen molar-refractivity contribution < 1.29 is 9.90 Å². The summed E-state index contributed by atoms with van der Waals surface area (Å²) in [6, 6.07) is 4.22. The minimum absolute atomic E-state index is 0.0349. The number of carbonyl (C=O) groups is 1. The summed E-state index contributed by atoms with van der Waals surface area (Å²) in [6.07, 6.45) is 5.37. The Morgan fingerprint density at radius 3 is 2.90 bits per heavy atom. The van der Waals surface area contributed by atoms with Crippen LogP contribution in [0.1, 0.15) is 36.7 Å². The molecule has 0 aromatic carbocycles. The van der Waals surface area contributed by atoms with Crippen molar-refractivity contribution in [1.29, 1.82) is 0 Å². The van der Waals surface area contributed by atoms with Gasteiger partial charge in [-0.05, 0) is 38.4 Å². The molecule has 1 atom stereocenters. The second kappa shape index (κ2) is 5.40. The topological polar surface area (TPSA) is 56.7 Å². The van der Waals surface area contributed by atoms with Gasteiger partial charge in [-0.1, -0.05) is 6.42 Å². The lowest BCUT2D eigenvalue weighted by atomic mass is 9.97. The highest BCUT2D eigenvalue weighted by atomic mass is 16.3. The van der Waals surface area contributed by atoms with Crippen LogP contribution in [0, 0.1) is 0 Å². The summed E-state index contributed by atoms with van der Waals surface area (Å²) in [5, 5.41) is 9.69. The number of pyridine rings is 1. The minimum atomic E-state index is -0.163. The Morgan fingerprint density at radius 2 is 2.20 bits per heavy atom. The zero-order chi connectivity index (χ0) is 14.1. The molecule has 0 bridgehead atoms. The fraction of sp³-hybridized carbons (Fsp3) is 0.600. The van der Waals surface area contributed by atoms with Crippen LogP contribution in [-0.4, -0.2) is 57.5 Å². The summed E-state index contributed by atoms with van der Waals surface area (Å²) in [6.45, 7) is 4.91. The molecule has 108 valence electrons. The normalized spacial score (nSPS) is 24.4. The maximum atomic E-state index is 12.2. The van der Waals surface area contributed by atoms with E-state index in [1.165, 1.54) is 31.5 Å². The molecule has 20 heavy (non-hydrogen) atoms. The van der Waals surface area contributed by atoms with Crippen LogP contribution in [0.15, 0.2) is 18.3 Å². The number of amides is 1. The van der Waals surface area contributed by atoms with Gasteiger partial charge in [-0.2, -0.15) is 0 Å². The van der Waals surface area contributed by atoms with Gasteiger partial charge in [0.25, 0.3) is 5.91 Å². The fourth-order valence-corrected chi connectivity index (χ4v) is 3.21. The third kappa shape index (κ3) is 2.38. The van der Waals surface area contributed by atoms with E-state index in [-0.39, 0.29) is 17.4 Å². The van der Waals surface area contributed by atoms with Crippen molar-refractivity contribution in [2.45, 2.75) is 38.3 Å². The summed E-state index contributed by atoms with van der Waals surface area (Å²) in [7, 11) is 0. The molecule has 2 aliphatic heterocycles. The Morgan fingerprint density at radius 1 is 1.40 bits per heavy atom. The average molecular weight is 275 g/mol. The molecule has 0 aliphatic carbocycles. The van der Waals surface area contributed by atoms with Gasteiger partial charge in [-0.25, -0.2) is 4.98 Å². The number of piperidine rings is 1. The highest BCUT2D eigenvalue weighted by Gasteiger charge is 2.38. The molecule has 2 fully saturated rings. The van der Waals surface area contributed by atoms with Gasteiger partial charge < -0.3 is 10.0 Å². The van der Waals surface area contributed by atoms with Gasteiger partial charge in [-0.15, -0.1) is 0 Å². The Hall–Kier alpha value is -1.62. The van der Waals surface area contributed by atoms with E-state index in [0.717, 1.165) is 19.6 Å². The Bertz CT molecular complexity index is 500. The quantitative estimate of drug-likeness (QED) is 0.888. The zero-order valence-electron chi connectivity index (χ0n) is 11.8. The van der Waals surface area contributed by atoms with Crippen LogP contribution in [0.4, 0.5) is 0 Å². The highest BCUT2D eigenvalue weighted by Crippen LogP contribution is 2.26. The van der Waals surface area contributed by atoms with Crippen molar-refractivity contribution in [2.75, 3.05) is 19.6 Å². The highest BCUT2D eigenvalue weighted by molar-refractivity contribution is 5.95. The number of aromatic hydroxyl groups is 1. The third-order valence-corrected chi connectivity index (χ3v) is 4.46. The lowest BCUT2D eigenvalue weighted by Gasteiger charge is -2.49. The van der Waals surface area contributed by atoms with Crippen molar-refractivity contribution in [3.8, 4) is 5.75 Å². The molecule has 0 spiro atoms. The number of hydrogen-bond donors (Lipinski definition) is 1. The molecule has 1 unspecified atom stereocenters. The first kappa shape index (κ1) is 13.4. The van der Waals surface area contributed by atoms with E-state index in [1.54, 1.807) is 11.0 Å². The number of hydrogen-bond acceptors (Lipinski definition) is 4. The van der Waals surface area contributed by atoms with Crippen LogP contribution < -0.4 is 0 Å². The van der Waals surface area contributed by atoms with Crippen molar-refractivity contribution in [2.24, 2.45) is 0 Å². The van der Waals surface area contributed by atoms with Gasteiger partial charge in [0.15, 0.2) is 5.69 Å². The van der Waals surface area contributed by atoms with E-state index < -0.39 is 0 Å². The molecule has 1 amide bonds. The van der Waals surface area contributed by atoms with E-state index in [0.29, 0.717) is 12.1 Å². The second-order valence-electron chi connectivity index (χ2n) is 5.82. The van der Waals surface area contributed by atoms with Gasteiger partial charge in [0.1, 0.15) is 5.75 Å². The molecule has 1 N–H and O–H groups in total. The van der Waals surface area contributed by atoms with Gasteiger partial charge >= 0.3 is 0 Å². The van der Waals surface area contributed by atoms with E-state index in [4.69, 9.17) is 0 Å². The monoisotopic (exact) mass is 275 g/mol. The van der Waals surface area contributed by atoms with Crippen LogP contribution in [0.2, 0.25) is 0 Å². The van der Waals surface area contributed by atoms with E-state index >= 15 is 0 Å². The molecule has 5 nitrogen and oxygen atoms in total. The molecular weight excluding hydrogens is 254 g/mol. The molecule has 1 aromatic rings. The summed E-state index contributed by atoms with van der Waals surface area (Å²) in [4.78, 5) is 20.5. The summed E-state index contributed by atoms with van der Waals surface area (Å²) in [5.74, 6) is -0.198. The Kier molecular flexibility index (Phi) is 3.61. The van der Waals surface area contributed by atoms with Crippen LogP contribution in [0.25, 0.3) is 0 Å². The first-order valence-electron chi connectivity index (χ1n) is 7.36. The molecule has 3 rings (SSSR count). The number of likely N-dealkylation sites (tertiary alicyclic amines) is 2. The molecule has 1 aromatic heterocycles. The third-order valence-electron chi connectivity index (χ3n) is 4.46. The average Bonchev–Trinajstić information content (AvgIpc) is 2.39. The number of rotatable bonds is 2. The van der Waals surface area contributed by atoms with Crippen molar-refractivity contribution >= 4 is 5.91 Å². The summed E-state index contributed by atoms with van der Waals surface area (Å²) in [5.41, 5.74) is 0.164. The predicted molar refractivity (Wildman–Crippen MR) is 75.6 cm³/mol. The van der Waals surface area contributed by atoms with E-state index in [9.17, 15) is 9.90 Å². The largest absolute Gasteiger partial charge is 0.505 e. The standard InChI is InChI=1S/C15H21N3O2/c1-11-5-2-3-8-18(11)12-9-17(10-12)15(20)14-13(19)6-4-7-16-14/h4,6-7,11-12,19H,2-3,5,8-10H2,1H3. The zero-order valence-corrected chi connectivity index (χ0v) is 11.8. The maximum absolute atomic E-state index is 12.2. The minimum Gasteiger partial charge on any atom is -0.505 e. The summed E-state index contributed by atoms with van der Waals surface area (Å²) < 4.78 is 0. The lowest BCUT2D eigenvalue weighted by Crippen LogP contribution is -2.63. The van der Waals surface area contributed by atoms with Crippen LogP contribution in [-0.2, 0) is 0 Å². The van der Waals surface area contributed by atoms with Crippen LogP contribution in [0.3, 0.4) is 0 Å². The molecule has 5 heteroatoms. The molecule has 2 aliphatic rings. The van der Waals surface area contributed by atoms with Crippen LogP contribution in [0.5, 0.6) is 5.75 Å². The van der Waals surface area contributed by atoms with Crippen molar-refractivity contribution in [3.63, 3.8) is 0 Å². The van der Waals surface area contributed by atoms with E-state index in [2.05, 4.69) is 16.8 Å². The SMILES string of the molecule is CC1CCCCN1C1CN(C(=O)c2ncccc2O)C1. The first-order chi connectivity index (χ1) is 9.66. The van der Waals surface area contributed by atoms with Gasteiger partial charge in [0.05, 0.1) is 0 Å². The van der Waals surface area contributed by atoms with Gasteiger partial charge in [0.2, 0.25) is 0 Å². The number of aromatic nitrogens is 1. The molecule has 0 saturated carbocycles. The number of nitrogens with zero attached hydrogens (tertiary/aromatic N) is 3. The van der Waals surface area contributed by atoms with E-state index in [1.807, 2.05) is 0 Å². The number of carbonyl (C=O) groups excluding carboxylic acids is 1. The molecular formula is C15H21N3O2. The Balaban J connectivity index is 1.60. The maximum Gasteiger partial charge on any atom is 0.276 e. The fourth-order valence-electron chi connectivity index (χ4n) is 3.21. The van der Waals surface area contributed by atoms with Crippen LogP contribution >= 0.6 is 0 Å². The van der Waals surface area contributed by atoms with Crippen molar-refractivity contribution in [3.05, 3.63) is 24.0 Å². The predicted octanol–water partition coefficient (Wildman–Crippen LogP) is 1.49. The smallest absolute Gasteiger partial charge is 0.276 e. The first-order valence-corrected chi connectivity index (χ1v) is 7.36. The molecule has 0 radical (unpaired) electrons. The van der Waals surface area contributed by atoms with Gasteiger partial charge in [0, 0.05) is 31.4 Å².